The van der Waals surface area contributed by atoms with Gasteiger partial charge in [0.25, 0.3) is 13.7 Å². The zero-order chi connectivity index (χ0) is 50.0. The Kier molecular flexibility index (Phi) is 13.0. The minimum atomic E-state index is -4.57. The third kappa shape index (κ3) is 8.84. The molecule has 2 amide bonds. The van der Waals surface area contributed by atoms with Gasteiger partial charge in [-0.05, 0) is 87.1 Å². The Bertz CT molecular complexity index is 3210. The molecule has 0 radical (unpaired) electrons. The van der Waals surface area contributed by atoms with Crippen LogP contribution >= 0.6 is 7.82 Å². The van der Waals surface area contributed by atoms with E-state index in [9.17, 15) is 24.2 Å². The fourth-order valence-electron chi connectivity index (χ4n) is 12.4. The summed E-state index contributed by atoms with van der Waals surface area (Å²) in [6.07, 6.45) is 9.49. The van der Waals surface area contributed by atoms with Gasteiger partial charge in [0.1, 0.15) is 49.2 Å². The van der Waals surface area contributed by atoms with Crippen molar-refractivity contribution in [3.63, 3.8) is 0 Å². The van der Waals surface area contributed by atoms with Gasteiger partial charge in [-0.15, -0.1) is 0 Å². The predicted octanol–water partition coefficient (Wildman–Crippen LogP) is 3.63. The number of phosphoric ester groups is 1. The van der Waals surface area contributed by atoms with E-state index < -0.39 is 32.4 Å². The largest absolute Gasteiger partial charge is 0.756 e. The molecule has 2 aromatic heterocycles. The summed E-state index contributed by atoms with van der Waals surface area (Å²) >= 11 is 0. The highest BCUT2D eigenvalue weighted by atomic mass is 31.2. The number of ether oxygens (including phenoxy) is 2. The summed E-state index contributed by atoms with van der Waals surface area (Å²) in [6.45, 7) is 5.52. The predicted molar refractivity (Wildman–Crippen MR) is 271 cm³/mol. The number of carbonyl (C=O) groups excluding carboxylic acids is 2. The summed E-state index contributed by atoms with van der Waals surface area (Å²) in [5.74, 6) is 2.30. The maximum absolute atomic E-state index is 14.6. The number of anilines is 3. The summed E-state index contributed by atoms with van der Waals surface area (Å²) in [4.78, 5) is 56.9. The minimum Gasteiger partial charge on any atom is -0.756 e. The van der Waals surface area contributed by atoms with Crippen LogP contribution in [-0.2, 0) is 48.8 Å². The van der Waals surface area contributed by atoms with Crippen molar-refractivity contribution in [3.05, 3.63) is 92.2 Å². The number of phosphoric acid groups is 1. The number of benzene rings is 3. The number of hydrogen-bond acceptors (Lipinski definition) is 15. The van der Waals surface area contributed by atoms with E-state index in [1.165, 1.54) is 39.6 Å². The normalized spacial score (nSPS) is 23.5. The molecule has 3 aromatic carbocycles. The third-order valence-electron chi connectivity index (χ3n) is 15.8. The third-order valence-corrected chi connectivity index (χ3v) is 16.8. The van der Waals surface area contributed by atoms with Gasteiger partial charge >= 0.3 is 0 Å². The SMILES string of the molecule is CN(CCCC(=O)NCCCCCCNc1nc2c(N)ncnc2n1[C@@H]1O[C@@H]2COP(=O)([O-])O[C@H]2[C@H]1O)C(=O)c1ccccc1C1=c2cc3c4c(c2Oc2c1cc1c5c2CCCN5CCC1)CCC[N+]=4CCC3. The zero-order valence-corrected chi connectivity index (χ0v) is 42.2. The summed E-state index contributed by atoms with van der Waals surface area (Å²) < 4.78 is 39.2. The van der Waals surface area contributed by atoms with Crippen molar-refractivity contribution in [2.24, 2.45) is 0 Å². The van der Waals surface area contributed by atoms with Crippen molar-refractivity contribution >= 4 is 53.8 Å². The molecule has 0 spiro atoms. The Morgan fingerprint density at radius 3 is 2.59 bits per heavy atom. The van der Waals surface area contributed by atoms with Crippen LogP contribution < -0.4 is 46.0 Å². The van der Waals surface area contributed by atoms with E-state index >= 15 is 0 Å². The van der Waals surface area contributed by atoms with E-state index in [0.717, 1.165) is 137 Å². The first kappa shape index (κ1) is 48.0. The molecule has 1 unspecified atom stereocenters. The summed E-state index contributed by atoms with van der Waals surface area (Å²) in [5, 5.41) is 20.0. The van der Waals surface area contributed by atoms with Crippen molar-refractivity contribution in [1.82, 2.24) is 34.3 Å². The zero-order valence-electron chi connectivity index (χ0n) is 41.3. The van der Waals surface area contributed by atoms with Gasteiger partial charge < -0.3 is 54.7 Å². The van der Waals surface area contributed by atoms with Crippen molar-refractivity contribution < 1.29 is 42.7 Å². The molecule has 7 aliphatic heterocycles. The molecule has 2 saturated heterocycles. The van der Waals surface area contributed by atoms with Crippen molar-refractivity contribution in [3.8, 4) is 11.5 Å². The first-order chi connectivity index (χ1) is 35.5. The Morgan fingerprint density at radius 1 is 0.945 bits per heavy atom. The Hall–Kier alpha value is -5.95. The van der Waals surface area contributed by atoms with Gasteiger partial charge in [-0.2, -0.15) is 0 Å². The number of amides is 2. The maximum Gasteiger partial charge on any atom is 0.268 e. The van der Waals surface area contributed by atoms with E-state index in [-0.39, 0.29) is 24.2 Å². The molecule has 0 aliphatic carbocycles. The number of nitrogens with two attached hydrogens (primary N) is 1. The van der Waals surface area contributed by atoms with Crippen LogP contribution in [0.3, 0.4) is 0 Å². The standard InChI is InChI=1S/C53H63N10O9P/c1-60(22-12-19-40(64)55-20-6-2-3-7-21-56-53-59-42-49(54)57-30-58-50(42)63(53)52-45(65)48-39(70-52)29-69-73(67,68)72-48)51(66)34-16-5-4-15-33(34)41-37-27-31-13-8-23-61-25-10-17-35(43(31)61)46(37)71-47-36-18-11-26-62-24-9-14-32(44(36)62)28-38(41)47/h4-5,15-16,27-28,30,39,45,48,52,54,65H,2-3,6-14,17-26,29H2,1H3,(H3,55,64,66,67,68)/t39-,45-,48-,52-/m1/s1. The fraction of sp³-hybridized carbons (Fsp3) is 0.509. The first-order valence-corrected chi connectivity index (χ1v) is 27.7. The molecule has 7 aliphatic rings. The molecule has 5 atom stereocenters. The fourth-order valence-corrected chi connectivity index (χ4v) is 13.4. The molecule has 9 heterocycles. The number of hydrogen-bond donors (Lipinski definition) is 4. The maximum atomic E-state index is 14.6. The summed E-state index contributed by atoms with van der Waals surface area (Å²) in [6, 6.07) is 12.8. The van der Waals surface area contributed by atoms with Crippen molar-refractivity contribution in [2.45, 2.75) is 114 Å². The topological polar surface area (TPSA) is 235 Å². The Morgan fingerprint density at radius 2 is 1.73 bits per heavy atom. The number of nitrogen functional groups attached to an aromatic ring is 1. The van der Waals surface area contributed by atoms with Gasteiger partial charge in [0.2, 0.25) is 17.2 Å². The second kappa shape index (κ2) is 19.7. The van der Waals surface area contributed by atoms with Gasteiger partial charge in [-0.3, -0.25) is 18.7 Å². The number of nitrogens with zero attached hydrogens (tertiary/aromatic N) is 7. The molecule has 2 fully saturated rings. The molecule has 5 N–H and O–H groups in total. The molecule has 20 heteroatoms. The summed E-state index contributed by atoms with van der Waals surface area (Å²) in [7, 11) is -2.74. The second-order valence-electron chi connectivity index (χ2n) is 20.5. The smallest absolute Gasteiger partial charge is 0.268 e. The second-order valence-corrected chi connectivity index (χ2v) is 21.9. The Balaban J connectivity index is 0.670. The Labute approximate surface area is 423 Å². The van der Waals surface area contributed by atoms with E-state index in [4.69, 9.17) is 24.3 Å². The van der Waals surface area contributed by atoms with Crippen LogP contribution in [0, 0.1) is 0 Å². The highest BCUT2D eigenvalue weighted by Gasteiger charge is 2.51. The van der Waals surface area contributed by atoms with Gasteiger partial charge in [-0.1, -0.05) is 31.0 Å². The summed E-state index contributed by atoms with van der Waals surface area (Å²) in [5.41, 5.74) is 17.3. The van der Waals surface area contributed by atoms with Gasteiger partial charge in [0.05, 0.1) is 12.2 Å². The lowest BCUT2D eigenvalue weighted by atomic mass is 9.81. The molecule has 19 nitrogen and oxygen atoms in total. The number of aliphatic hydroxyl groups excluding tert-OH is 1. The van der Waals surface area contributed by atoms with Gasteiger partial charge in [-0.25, -0.2) is 19.5 Å². The molecule has 5 aromatic rings. The van der Waals surface area contributed by atoms with Crippen LogP contribution in [0.4, 0.5) is 17.5 Å². The van der Waals surface area contributed by atoms with Gasteiger partial charge in [0.15, 0.2) is 23.2 Å². The highest BCUT2D eigenvalue weighted by molar-refractivity contribution is 7.45. The number of fused-ring (bicyclic) bond motifs is 6. The number of aryl methyl sites for hydroxylation is 2. The number of aromatic nitrogens is 4. The lowest BCUT2D eigenvalue weighted by Crippen LogP contribution is -2.45. The van der Waals surface area contributed by atoms with Crippen LogP contribution in [0.15, 0.2) is 42.7 Å². The number of nitrogens with one attached hydrogen (secondary N) is 2. The molecule has 384 valence electrons. The molecular formula is C53H63N10O9P. The molecular weight excluding hydrogens is 952 g/mol. The first-order valence-electron chi connectivity index (χ1n) is 26.3. The lowest BCUT2D eigenvalue weighted by molar-refractivity contribution is -0.245. The van der Waals surface area contributed by atoms with Gasteiger partial charge in [0, 0.05) is 97.8 Å². The molecule has 12 rings (SSSR count). The number of carbonyl (C=O) groups is 2. The lowest BCUT2D eigenvalue weighted by Gasteiger charge is -2.39. The highest BCUT2D eigenvalue weighted by Crippen LogP contribution is 2.51. The van der Waals surface area contributed by atoms with Crippen LogP contribution in [0.25, 0.3) is 16.7 Å². The number of rotatable bonds is 15. The van der Waals surface area contributed by atoms with E-state index in [1.807, 2.05) is 25.2 Å². The van der Waals surface area contributed by atoms with Crippen LogP contribution in [0.1, 0.15) is 114 Å². The quantitative estimate of drug-likeness (QED) is 0.0654. The van der Waals surface area contributed by atoms with E-state index in [2.05, 4.69) is 53.3 Å². The monoisotopic (exact) mass is 1010 g/mol. The minimum absolute atomic E-state index is 0.0434. The molecule has 73 heavy (non-hydrogen) atoms. The van der Waals surface area contributed by atoms with Crippen molar-refractivity contribution in [2.75, 3.05) is 75.4 Å². The number of aliphatic hydroxyl groups is 1. The number of unbranched alkanes of at least 4 members (excludes halogenated alkanes) is 3. The van der Waals surface area contributed by atoms with Crippen molar-refractivity contribution in [1.29, 1.82) is 0 Å². The van der Waals surface area contributed by atoms with Crippen LogP contribution in [0.2, 0.25) is 0 Å². The average Bonchev–Trinajstić information content (AvgIpc) is 3.92. The number of imidazole rings is 1. The van der Waals surface area contributed by atoms with Crippen LogP contribution in [-0.4, -0.2) is 119 Å². The average molecular weight is 1020 g/mol. The van der Waals surface area contributed by atoms with Crippen LogP contribution in [0.5, 0.6) is 11.5 Å². The van der Waals surface area contributed by atoms with E-state index in [0.29, 0.717) is 55.2 Å². The molecule has 0 saturated carbocycles. The van der Waals surface area contributed by atoms with E-state index in [1.54, 1.807) is 9.47 Å². The molecule has 0 bridgehead atoms.